The lowest BCUT2D eigenvalue weighted by atomic mass is 10.1. The van der Waals surface area contributed by atoms with Gasteiger partial charge in [-0.05, 0) is 18.6 Å². The zero-order valence-electron chi connectivity index (χ0n) is 7.75. The molecule has 1 aliphatic rings. The normalized spacial score (nSPS) is 26.9. The van der Waals surface area contributed by atoms with Gasteiger partial charge < -0.3 is 0 Å². The maximum Gasteiger partial charge on any atom is 0.405 e. The van der Waals surface area contributed by atoms with Crippen molar-refractivity contribution in [1.82, 2.24) is 15.8 Å². The second-order valence-electron chi connectivity index (χ2n) is 3.43. The second kappa shape index (κ2) is 3.79. The lowest BCUT2D eigenvalue weighted by Crippen LogP contribution is -2.41. The first-order valence-electron chi connectivity index (χ1n) is 4.56. The summed E-state index contributed by atoms with van der Waals surface area (Å²) in [5.74, 6) is 0. The van der Waals surface area contributed by atoms with Crippen LogP contribution in [-0.2, 0) is 0 Å². The number of halogens is 3. The largest absolute Gasteiger partial charge is 0.405 e. The van der Waals surface area contributed by atoms with Crippen LogP contribution in [0.3, 0.4) is 0 Å². The standard InChI is InChI=1S/C9H10F3N3/c10-9(11,12)8-5-7(14-15-8)6-3-1-2-4-13-6/h1-4,7-8,14-15H,5H2. The van der Waals surface area contributed by atoms with Crippen molar-refractivity contribution >= 4 is 0 Å². The van der Waals surface area contributed by atoms with E-state index in [0.717, 1.165) is 0 Å². The fraction of sp³-hybridized carbons (Fsp3) is 0.444. The molecule has 0 saturated carbocycles. The van der Waals surface area contributed by atoms with Crippen molar-refractivity contribution in [2.75, 3.05) is 0 Å². The third kappa shape index (κ3) is 2.27. The summed E-state index contributed by atoms with van der Waals surface area (Å²) in [6.07, 6.45) is -2.67. The van der Waals surface area contributed by atoms with Crippen LogP contribution >= 0.6 is 0 Å². The molecule has 0 bridgehead atoms. The number of nitrogens with zero attached hydrogens (tertiary/aromatic N) is 1. The highest BCUT2D eigenvalue weighted by Crippen LogP contribution is 2.30. The molecule has 0 radical (unpaired) electrons. The summed E-state index contributed by atoms with van der Waals surface area (Å²) >= 11 is 0. The van der Waals surface area contributed by atoms with Gasteiger partial charge in [-0.15, -0.1) is 0 Å². The van der Waals surface area contributed by atoms with Gasteiger partial charge in [-0.25, -0.2) is 10.9 Å². The second-order valence-corrected chi connectivity index (χ2v) is 3.43. The smallest absolute Gasteiger partial charge is 0.260 e. The molecule has 1 aliphatic heterocycles. The van der Waals surface area contributed by atoms with E-state index in [9.17, 15) is 13.2 Å². The van der Waals surface area contributed by atoms with E-state index >= 15 is 0 Å². The highest BCUT2D eigenvalue weighted by atomic mass is 19.4. The number of aromatic nitrogens is 1. The molecule has 0 aliphatic carbocycles. The molecule has 0 amide bonds. The fourth-order valence-corrected chi connectivity index (χ4v) is 1.55. The first kappa shape index (κ1) is 10.4. The molecular formula is C9H10F3N3. The number of hydrazine groups is 1. The van der Waals surface area contributed by atoms with Gasteiger partial charge in [0, 0.05) is 6.20 Å². The molecule has 2 N–H and O–H groups in total. The summed E-state index contributed by atoms with van der Waals surface area (Å²) < 4.78 is 37.0. The number of nitrogens with one attached hydrogen (secondary N) is 2. The minimum absolute atomic E-state index is 0.0273. The molecule has 2 heterocycles. The van der Waals surface area contributed by atoms with Crippen molar-refractivity contribution in [2.24, 2.45) is 0 Å². The number of rotatable bonds is 1. The van der Waals surface area contributed by atoms with Crippen LogP contribution in [0.4, 0.5) is 13.2 Å². The highest BCUT2D eigenvalue weighted by Gasteiger charge is 2.44. The third-order valence-corrected chi connectivity index (χ3v) is 2.34. The van der Waals surface area contributed by atoms with Crippen molar-refractivity contribution < 1.29 is 13.2 Å². The van der Waals surface area contributed by atoms with Crippen molar-refractivity contribution in [1.29, 1.82) is 0 Å². The summed E-state index contributed by atoms with van der Waals surface area (Å²) in [4.78, 5) is 4.01. The van der Waals surface area contributed by atoms with Crippen LogP contribution in [0.5, 0.6) is 0 Å². The van der Waals surface area contributed by atoms with Gasteiger partial charge in [-0.2, -0.15) is 13.2 Å². The molecule has 1 aromatic heterocycles. The summed E-state index contributed by atoms with van der Waals surface area (Å²) in [6.45, 7) is 0. The average Bonchev–Trinajstić information content (AvgIpc) is 2.67. The Bertz CT molecular complexity index is 325. The van der Waals surface area contributed by atoms with Gasteiger partial charge in [0.05, 0.1) is 11.7 Å². The van der Waals surface area contributed by atoms with E-state index in [0.29, 0.717) is 5.69 Å². The predicted octanol–water partition coefficient (Wildman–Crippen LogP) is 1.55. The Kier molecular flexibility index (Phi) is 2.62. The summed E-state index contributed by atoms with van der Waals surface area (Å²) in [5, 5.41) is 0. The first-order valence-corrected chi connectivity index (χ1v) is 4.56. The van der Waals surface area contributed by atoms with Crippen LogP contribution in [0.15, 0.2) is 24.4 Å². The number of pyridine rings is 1. The quantitative estimate of drug-likeness (QED) is 0.749. The Hall–Kier alpha value is -1.14. The van der Waals surface area contributed by atoms with Gasteiger partial charge in [0.1, 0.15) is 6.04 Å². The molecule has 0 aromatic carbocycles. The summed E-state index contributed by atoms with van der Waals surface area (Å²) in [5.41, 5.74) is 5.45. The van der Waals surface area contributed by atoms with Gasteiger partial charge in [0.15, 0.2) is 0 Å². The Balaban J connectivity index is 2.05. The Labute approximate surface area is 84.7 Å². The molecule has 6 heteroatoms. The molecule has 1 saturated heterocycles. The van der Waals surface area contributed by atoms with Gasteiger partial charge in [-0.3, -0.25) is 4.98 Å². The van der Waals surface area contributed by atoms with Crippen molar-refractivity contribution in [2.45, 2.75) is 24.7 Å². The molecule has 2 rings (SSSR count). The van der Waals surface area contributed by atoms with Crippen molar-refractivity contribution in [3.05, 3.63) is 30.1 Å². The monoisotopic (exact) mass is 217 g/mol. The first-order chi connectivity index (χ1) is 7.07. The Morgan fingerprint density at radius 2 is 2.07 bits per heavy atom. The van der Waals surface area contributed by atoms with Crippen LogP contribution in [0.25, 0.3) is 0 Å². The average molecular weight is 217 g/mol. The molecule has 1 fully saturated rings. The van der Waals surface area contributed by atoms with Crippen LogP contribution < -0.4 is 10.9 Å². The molecule has 2 atom stereocenters. The molecular weight excluding hydrogens is 207 g/mol. The molecule has 15 heavy (non-hydrogen) atoms. The third-order valence-electron chi connectivity index (χ3n) is 2.34. The Morgan fingerprint density at radius 1 is 1.27 bits per heavy atom. The van der Waals surface area contributed by atoms with Gasteiger partial charge in [-0.1, -0.05) is 6.07 Å². The van der Waals surface area contributed by atoms with E-state index in [-0.39, 0.29) is 12.5 Å². The zero-order valence-corrected chi connectivity index (χ0v) is 7.75. The number of alkyl halides is 3. The minimum Gasteiger partial charge on any atom is -0.260 e. The number of hydrogen-bond donors (Lipinski definition) is 2. The lowest BCUT2D eigenvalue weighted by molar-refractivity contribution is -0.153. The van der Waals surface area contributed by atoms with E-state index < -0.39 is 12.2 Å². The maximum atomic E-state index is 12.3. The van der Waals surface area contributed by atoms with Gasteiger partial charge >= 0.3 is 6.18 Å². The van der Waals surface area contributed by atoms with Gasteiger partial charge in [0.2, 0.25) is 0 Å². The molecule has 0 spiro atoms. The van der Waals surface area contributed by atoms with E-state index in [1.54, 1.807) is 24.4 Å². The van der Waals surface area contributed by atoms with Crippen LogP contribution in [0.1, 0.15) is 18.2 Å². The van der Waals surface area contributed by atoms with Crippen LogP contribution in [0, 0.1) is 0 Å². The SMILES string of the molecule is FC(F)(F)C1CC(c2ccccn2)NN1. The molecule has 82 valence electrons. The number of hydrogen-bond acceptors (Lipinski definition) is 3. The van der Waals surface area contributed by atoms with E-state index in [4.69, 9.17) is 0 Å². The molecule has 2 unspecified atom stereocenters. The van der Waals surface area contributed by atoms with Crippen LogP contribution in [0.2, 0.25) is 0 Å². The Morgan fingerprint density at radius 3 is 2.60 bits per heavy atom. The maximum absolute atomic E-state index is 12.3. The molecule has 1 aromatic rings. The van der Waals surface area contributed by atoms with E-state index in [1.165, 1.54) is 0 Å². The van der Waals surface area contributed by atoms with Crippen LogP contribution in [-0.4, -0.2) is 17.2 Å². The van der Waals surface area contributed by atoms with E-state index in [1.807, 2.05) is 0 Å². The highest BCUT2D eigenvalue weighted by molar-refractivity contribution is 5.10. The predicted molar refractivity (Wildman–Crippen MR) is 47.7 cm³/mol. The summed E-state index contributed by atoms with van der Waals surface area (Å²) in [7, 11) is 0. The summed E-state index contributed by atoms with van der Waals surface area (Å²) in [6, 6.07) is 3.32. The van der Waals surface area contributed by atoms with Crippen molar-refractivity contribution in [3.8, 4) is 0 Å². The van der Waals surface area contributed by atoms with Crippen molar-refractivity contribution in [3.63, 3.8) is 0 Å². The minimum atomic E-state index is -4.21. The van der Waals surface area contributed by atoms with E-state index in [2.05, 4.69) is 15.8 Å². The lowest BCUT2D eigenvalue weighted by Gasteiger charge is -2.12. The topological polar surface area (TPSA) is 37.0 Å². The fourth-order valence-electron chi connectivity index (χ4n) is 1.55. The van der Waals surface area contributed by atoms with Gasteiger partial charge in [0.25, 0.3) is 0 Å². The molecule has 3 nitrogen and oxygen atoms in total. The zero-order chi connectivity index (χ0) is 10.9.